The topological polar surface area (TPSA) is 82.8 Å². The number of carbonyl (C=O) groups is 2. The van der Waals surface area contributed by atoms with Gasteiger partial charge in [0.25, 0.3) is 5.91 Å². The van der Waals surface area contributed by atoms with Crippen molar-refractivity contribution in [3.63, 3.8) is 0 Å². The highest BCUT2D eigenvalue weighted by molar-refractivity contribution is 6.03. The Labute approximate surface area is 105 Å². The second-order valence-corrected chi connectivity index (χ2v) is 4.30. The van der Waals surface area contributed by atoms with Crippen molar-refractivity contribution >= 4 is 11.8 Å². The van der Waals surface area contributed by atoms with Crippen LogP contribution in [0.25, 0.3) is 0 Å². The molecule has 0 spiro atoms. The Morgan fingerprint density at radius 2 is 2.39 bits per heavy atom. The first-order valence-corrected chi connectivity index (χ1v) is 5.93. The Kier molecular flexibility index (Phi) is 4.11. The Morgan fingerprint density at radius 1 is 1.56 bits per heavy atom. The van der Waals surface area contributed by atoms with Gasteiger partial charge in [-0.1, -0.05) is 0 Å². The van der Waals surface area contributed by atoms with E-state index in [1.54, 1.807) is 6.07 Å². The van der Waals surface area contributed by atoms with Gasteiger partial charge >= 0.3 is 0 Å². The van der Waals surface area contributed by atoms with Crippen LogP contribution in [0.4, 0.5) is 0 Å². The molecule has 18 heavy (non-hydrogen) atoms. The van der Waals surface area contributed by atoms with E-state index in [0.717, 1.165) is 19.4 Å². The maximum atomic E-state index is 11.7. The fourth-order valence-corrected chi connectivity index (χ4v) is 2.13. The van der Waals surface area contributed by atoms with E-state index in [4.69, 9.17) is 9.52 Å². The van der Waals surface area contributed by atoms with Gasteiger partial charge in [0.1, 0.15) is 0 Å². The molecule has 1 aromatic heterocycles. The van der Waals surface area contributed by atoms with Crippen molar-refractivity contribution in [1.29, 1.82) is 0 Å². The minimum Gasteiger partial charge on any atom is -0.459 e. The molecule has 2 heterocycles. The number of amides is 2. The van der Waals surface area contributed by atoms with E-state index in [2.05, 4.69) is 5.32 Å². The molecule has 6 heteroatoms. The van der Waals surface area contributed by atoms with Gasteiger partial charge in [0.05, 0.1) is 19.4 Å². The number of aliphatic hydroxyl groups excluding tert-OH is 1. The fourth-order valence-electron chi connectivity index (χ4n) is 2.13. The Bertz CT molecular complexity index is 416. The summed E-state index contributed by atoms with van der Waals surface area (Å²) in [6.45, 7) is 0.935. The number of furan rings is 1. The van der Waals surface area contributed by atoms with E-state index in [9.17, 15) is 9.59 Å². The van der Waals surface area contributed by atoms with Gasteiger partial charge in [-0.25, -0.2) is 0 Å². The lowest BCUT2D eigenvalue weighted by Gasteiger charge is -2.21. The van der Waals surface area contributed by atoms with Crippen LogP contribution in [0.1, 0.15) is 23.4 Å². The molecule has 0 aromatic carbocycles. The van der Waals surface area contributed by atoms with Gasteiger partial charge in [0.2, 0.25) is 5.91 Å². The number of hydrogen-bond acceptors (Lipinski definition) is 5. The zero-order chi connectivity index (χ0) is 13.0. The molecule has 2 amide bonds. The zero-order valence-corrected chi connectivity index (χ0v) is 9.96. The van der Waals surface area contributed by atoms with Crippen molar-refractivity contribution in [2.75, 3.05) is 19.7 Å². The van der Waals surface area contributed by atoms with Crippen molar-refractivity contribution in [3.8, 4) is 0 Å². The van der Waals surface area contributed by atoms with Crippen LogP contribution in [0.5, 0.6) is 0 Å². The molecule has 1 aromatic rings. The predicted octanol–water partition coefficient (Wildman–Crippen LogP) is -0.00730. The Morgan fingerprint density at radius 3 is 3.06 bits per heavy atom. The summed E-state index contributed by atoms with van der Waals surface area (Å²) in [6.07, 6.45) is 3.22. The van der Waals surface area contributed by atoms with Gasteiger partial charge in [-0.15, -0.1) is 0 Å². The fraction of sp³-hybridized carbons (Fsp3) is 0.500. The van der Waals surface area contributed by atoms with Crippen molar-refractivity contribution in [2.45, 2.75) is 18.9 Å². The molecule has 0 unspecified atom stereocenters. The zero-order valence-electron chi connectivity index (χ0n) is 9.96. The van der Waals surface area contributed by atoms with Gasteiger partial charge in [0, 0.05) is 6.04 Å². The summed E-state index contributed by atoms with van der Waals surface area (Å²) in [6, 6.07) is 3.10. The highest BCUT2D eigenvalue weighted by Crippen LogP contribution is 2.15. The third-order valence-electron chi connectivity index (χ3n) is 3.05. The Hall–Kier alpha value is -1.66. The van der Waals surface area contributed by atoms with Crippen LogP contribution in [0.2, 0.25) is 0 Å². The molecular formula is C12H16N2O4. The largest absolute Gasteiger partial charge is 0.459 e. The summed E-state index contributed by atoms with van der Waals surface area (Å²) in [4.78, 5) is 25.1. The molecule has 1 atom stereocenters. The lowest BCUT2D eigenvalue weighted by molar-refractivity contribution is -0.121. The molecule has 0 radical (unpaired) electrons. The molecule has 1 saturated heterocycles. The van der Waals surface area contributed by atoms with E-state index in [1.807, 2.05) is 4.90 Å². The van der Waals surface area contributed by atoms with Gasteiger partial charge < -0.3 is 9.52 Å². The quantitative estimate of drug-likeness (QED) is 0.787. The molecular weight excluding hydrogens is 236 g/mol. The SMILES string of the molecule is O=C(CN1CCC[C@H]1CO)NC(=O)c1ccco1. The van der Waals surface area contributed by atoms with Gasteiger partial charge in [-0.05, 0) is 31.5 Å². The lowest BCUT2D eigenvalue weighted by Crippen LogP contribution is -2.42. The number of carbonyl (C=O) groups excluding carboxylic acids is 2. The summed E-state index contributed by atoms with van der Waals surface area (Å²) < 4.78 is 4.89. The number of likely N-dealkylation sites (tertiary alicyclic amines) is 1. The molecule has 6 nitrogen and oxygen atoms in total. The van der Waals surface area contributed by atoms with Crippen LogP contribution in [0.3, 0.4) is 0 Å². The van der Waals surface area contributed by atoms with Gasteiger partial charge in [-0.3, -0.25) is 19.8 Å². The number of nitrogens with one attached hydrogen (secondary N) is 1. The highest BCUT2D eigenvalue weighted by atomic mass is 16.3. The number of nitrogens with zero attached hydrogens (tertiary/aromatic N) is 1. The van der Waals surface area contributed by atoms with Crippen LogP contribution in [0, 0.1) is 0 Å². The summed E-state index contributed by atoms with van der Waals surface area (Å²) >= 11 is 0. The average molecular weight is 252 g/mol. The van der Waals surface area contributed by atoms with Crippen LogP contribution in [-0.2, 0) is 4.79 Å². The van der Waals surface area contributed by atoms with Crippen molar-refractivity contribution < 1.29 is 19.1 Å². The minimum atomic E-state index is -0.537. The maximum Gasteiger partial charge on any atom is 0.293 e. The number of rotatable bonds is 4. The van der Waals surface area contributed by atoms with E-state index in [1.165, 1.54) is 12.3 Å². The van der Waals surface area contributed by atoms with Crippen LogP contribution in [-0.4, -0.2) is 47.6 Å². The first kappa shape index (κ1) is 12.8. The van der Waals surface area contributed by atoms with E-state index in [-0.39, 0.29) is 30.9 Å². The Balaban J connectivity index is 1.83. The summed E-state index contributed by atoms with van der Waals surface area (Å²) in [7, 11) is 0. The molecule has 0 bridgehead atoms. The molecule has 0 aliphatic carbocycles. The average Bonchev–Trinajstić information content (AvgIpc) is 2.98. The smallest absolute Gasteiger partial charge is 0.293 e. The van der Waals surface area contributed by atoms with Gasteiger partial charge in [-0.2, -0.15) is 0 Å². The van der Waals surface area contributed by atoms with Crippen molar-refractivity contribution in [2.24, 2.45) is 0 Å². The molecule has 98 valence electrons. The molecule has 0 saturated carbocycles. The second-order valence-electron chi connectivity index (χ2n) is 4.30. The second kappa shape index (κ2) is 5.79. The standard InChI is InChI=1S/C12H16N2O4/c15-8-9-3-1-5-14(9)7-11(16)13-12(17)10-4-2-6-18-10/h2,4,6,9,15H,1,3,5,7-8H2,(H,13,16,17)/t9-/m0/s1. The molecule has 1 aliphatic rings. The molecule has 2 rings (SSSR count). The summed E-state index contributed by atoms with van der Waals surface area (Å²) in [5.74, 6) is -0.801. The third kappa shape index (κ3) is 2.96. The lowest BCUT2D eigenvalue weighted by atomic mass is 10.2. The number of imide groups is 1. The first-order valence-electron chi connectivity index (χ1n) is 5.93. The summed E-state index contributed by atoms with van der Waals surface area (Å²) in [5, 5.41) is 11.4. The van der Waals surface area contributed by atoms with E-state index < -0.39 is 5.91 Å². The van der Waals surface area contributed by atoms with Crippen LogP contribution in [0.15, 0.2) is 22.8 Å². The maximum absolute atomic E-state index is 11.7. The normalized spacial score (nSPS) is 19.9. The predicted molar refractivity (Wildman–Crippen MR) is 62.9 cm³/mol. The molecule has 1 aliphatic heterocycles. The monoisotopic (exact) mass is 252 g/mol. The number of hydrogen-bond donors (Lipinski definition) is 2. The molecule has 2 N–H and O–H groups in total. The van der Waals surface area contributed by atoms with Crippen molar-refractivity contribution in [1.82, 2.24) is 10.2 Å². The van der Waals surface area contributed by atoms with E-state index >= 15 is 0 Å². The minimum absolute atomic E-state index is 0.0227. The summed E-state index contributed by atoms with van der Waals surface area (Å²) in [5.41, 5.74) is 0. The molecule has 1 fully saturated rings. The van der Waals surface area contributed by atoms with Crippen molar-refractivity contribution in [3.05, 3.63) is 24.2 Å². The number of aliphatic hydroxyl groups is 1. The van der Waals surface area contributed by atoms with Crippen LogP contribution >= 0.6 is 0 Å². The highest BCUT2D eigenvalue weighted by Gasteiger charge is 2.26. The third-order valence-corrected chi connectivity index (χ3v) is 3.05. The van der Waals surface area contributed by atoms with Gasteiger partial charge in [0.15, 0.2) is 5.76 Å². The van der Waals surface area contributed by atoms with Crippen LogP contribution < -0.4 is 5.32 Å². The van der Waals surface area contributed by atoms with E-state index in [0.29, 0.717) is 0 Å². The first-order chi connectivity index (χ1) is 8.70.